The van der Waals surface area contributed by atoms with E-state index in [2.05, 4.69) is 15.5 Å². The molecule has 0 bridgehead atoms. The third kappa shape index (κ3) is 5.74. The van der Waals surface area contributed by atoms with Crippen LogP contribution in [0.3, 0.4) is 0 Å². The quantitative estimate of drug-likeness (QED) is 0.839. The number of nitrogens with zero attached hydrogens (tertiary/aromatic N) is 3. The molecule has 1 unspecified atom stereocenters. The maximum Gasteiger partial charge on any atom is 0.410 e. The lowest BCUT2D eigenvalue weighted by Gasteiger charge is -2.34. The van der Waals surface area contributed by atoms with E-state index in [0.717, 1.165) is 12.8 Å². The predicted molar refractivity (Wildman–Crippen MR) is 93.0 cm³/mol. The third-order valence-electron chi connectivity index (χ3n) is 3.72. The van der Waals surface area contributed by atoms with Crippen molar-refractivity contribution in [2.45, 2.75) is 39.2 Å². The molecule has 0 aromatic carbocycles. The molecule has 1 saturated heterocycles. The summed E-state index contributed by atoms with van der Waals surface area (Å²) in [5, 5.41) is 19.5. The van der Waals surface area contributed by atoms with E-state index in [-0.39, 0.29) is 22.9 Å². The molecule has 8 nitrogen and oxygen atoms in total. The zero-order chi connectivity index (χ0) is 18.6. The normalized spacial score (nSPS) is 17.9. The van der Waals surface area contributed by atoms with Gasteiger partial charge in [0.1, 0.15) is 5.60 Å². The number of hydrogen-bond acceptors (Lipinski definition) is 6. The Morgan fingerprint density at radius 3 is 2.80 bits per heavy atom. The fourth-order valence-electron chi connectivity index (χ4n) is 2.64. The number of carbonyl (C=O) groups excluding carboxylic acids is 1. The number of amides is 1. The number of halogens is 1. The highest BCUT2D eigenvalue weighted by Gasteiger charge is 2.27. The molecule has 0 spiro atoms. The molecule has 2 rings (SSSR count). The van der Waals surface area contributed by atoms with Gasteiger partial charge < -0.3 is 20.1 Å². The van der Waals surface area contributed by atoms with Crippen LogP contribution in [-0.2, 0) is 4.74 Å². The first-order valence-electron chi connectivity index (χ1n) is 8.14. The van der Waals surface area contributed by atoms with Gasteiger partial charge in [0.05, 0.1) is 5.69 Å². The highest BCUT2D eigenvalue weighted by atomic mass is 35.5. The first kappa shape index (κ1) is 19.2. The smallest absolute Gasteiger partial charge is 0.410 e. The van der Waals surface area contributed by atoms with Crippen LogP contribution in [0.15, 0.2) is 6.07 Å². The molecule has 1 aromatic heterocycles. The van der Waals surface area contributed by atoms with Crippen molar-refractivity contribution in [3.8, 4) is 0 Å². The Bertz CT molecular complexity index is 648. The lowest BCUT2D eigenvalue weighted by atomic mass is 9.98. The number of hydrogen-bond donors (Lipinski definition) is 2. The van der Waals surface area contributed by atoms with E-state index in [1.807, 2.05) is 20.8 Å². The van der Waals surface area contributed by atoms with Gasteiger partial charge in [-0.1, -0.05) is 11.6 Å². The summed E-state index contributed by atoms with van der Waals surface area (Å²) in [6.45, 7) is 7.22. The van der Waals surface area contributed by atoms with E-state index in [0.29, 0.717) is 25.3 Å². The molecule has 1 atom stereocenters. The maximum atomic E-state index is 12.2. The Hall–Kier alpha value is -2.09. The van der Waals surface area contributed by atoms with Crippen molar-refractivity contribution in [1.82, 2.24) is 15.1 Å². The number of carboxylic acids is 1. The molecule has 1 aliphatic heterocycles. The summed E-state index contributed by atoms with van der Waals surface area (Å²) in [7, 11) is 0. The Balaban J connectivity index is 1.96. The number of rotatable bonds is 4. The summed E-state index contributed by atoms with van der Waals surface area (Å²) in [5.74, 6) is -0.999. The summed E-state index contributed by atoms with van der Waals surface area (Å²) >= 11 is 5.79. The third-order valence-corrected chi connectivity index (χ3v) is 3.90. The summed E-state index contributed by atoms with van der Waals surface area (Å²) in [4.78, 5) is 25.1. The van der Waals surface area contributed by atoms with Crippen LogP contribution in [0.4, 0.5) is 10.5 Å². The van der Waals surface area contributed by atoms with E-state index in [4.69, 9.17) is 21.4 Å². The highest BCUT2D eigenvalue weighted by molar-refractivity contribution is 6.29. The predicted octanol–water partition coefficient (Wildman–Crippen LogP) is 2.89. The van der Waals surface area contributed by atoms with Crippen molar-refractivity contribution >= 4 is 29.4 Å². The SMILES string of the molecule is CC(C)(C)OC(=O)N1CCCC(CNc2cc(Cl)nnc2C(=O)O)C1. The minimum atomic E-state index is -1.18. The number of ether oxygens (including phenoxy) is 1. The molecule has 0 saturated carbocycles. The number of nitrogens with one attached hydrogen (secondary N) is 1. The summed E-state index contributed by atoms with van der Waals surface area (Å²) in [6.07, 6.45) is 1.48. The van der Waals surface area contributed by atoms with Crippen molar-refractivity contribution in [1.29, 1.82) is 0 Å². The van der Waals surface area contributed by atoms with E-state index < -0.39 is 11.6 Å². The van der Waals surface area contributed by atoms with Gasteiger partial charge in [-0.15, -0.1) is 10.2 Å². The van der Waals surface area contributed by atoms with Crippen molar-refractivity contribution in [3.63, 3.8) is 0 Å². The van der Waals surface area contributed by atoms with Gasteiger partial charge in [-0.2, -0.15) is 0 Å². The fourth-order valence-corrected chi connectivity index (χ4v) is 2.79. The number of carbonyl (C=O) groups is 2. The van der Waals surface area contributed by atoms with Gasteiger partial charge in [0, 0.05) is 25.7 Å². The lowest BCUT2D eigenvalue weighted by molar-refractivity contribution is 0.0172. The standard InChI is InChI=1S/C16H23ClN4O4/c1-16(2,3)25-15(24)21-6-4-5-10(9-21)8-18-11-7-12(17)19-20-13(11)14(22)23/h7,10H,4-6,8-9H2,1-3H3,(H,18,19)(H,22,23). The van der Waals surface area contributed by atoms with Crippen LogP contribution in [0.5, 0.6) is 0 Å². The Morgan fingerprint density at radius 1 is 1.44 bits per heavy atom. The molecule has 2 heterocycles. The Labute approximate surface area is 151 Å². The maximum absolute atomic E-state index is 12.2. The van der Waals surface area contributed by atoms with Gasteiger partial charge in [0.25, 0.3) is 0 Å². The first-order valence-corrected chi connectivity index (χ1v) is 8.52. The van der Waals surface area contributed by atoms with Crippen molar-refractivity contribution in [3.05, 3.63) is 16.9 Å². The zero-order valence-corrected chi connectivity index (χ0v) is 15.3. The van der Waals surface area contributed by atoms with Crippen LogP contribution in [0.1, 0.15) is 44.1 Å². The van der Waals surface area contributed by atoms with Crippen LogP contribution in [-0.4, -0.2) is 57.5 Å². The average molecular weight is 371 g/mol. The van der Waals surface area contributed by atoms with Crippen LogP contribution >= 0.6 is 11.6 Å². The topological polar surface area (TPSA) is 105 Å². The molecule has 1 aliphatic rings. The zero-order valence-electron chi connectivity index (χ0n) is 14.6. The molecule has 2 N–H and O–H groups in total. The summed E-state index contributed by atoms with van der Waals surface area (Å²) in [6, 6.07) is 1.44. The van der Waals surface area contributed by atoms with Crippen LogP contribution < -0.4 is 5.32 Å². The highest BCUT2D eigenvalue weighted by Crippen LogP contribution is 2.22. The van der Waals surface area contributed by atoms with E-state index in [1.54, 1.807) is 4.90 Å². The van der Waals surface area contributed by atoms with Gasteiger partial charge in [0.15, 0.2) is 10.8 Å². The number of carboxylic acid groups (broad SMARTS) is 1. The fraction of sp³-hybridized carbons (Fsp3) is 0.625. The molecule has 1 fully saturated rings. The van der Waals surface area contributed by atoms with E-state index in [9.17, 15) is 9.59 Å². The Morgan fingerprint density at radius 2 is 2.16 bits per heavy atom. The van der Waals surface area contributed by atoms with E-state index in [1.165, 1.54) is 6.07 Å². The number of piperidine rings is 1. The second kappa shape index (κ2) is 7.86. The average Bonchev–Trinajstić information content (AvgIpc) is 2.51. The molecule has 9 heteroatoms. The minimum Gasteiger partial charge on any atom is -0.476 e. The minimum absolute atomic E-state index is 0.117. The second-order valence-electron chi connectivity index (χ2n) is 7.05. The Kier molecular flexibility index (Phi) is 6.05. The number of likely N-dealkylation sites (tertiary alicyclic amines) is 1. The van der Waals surface area contributed by atoms with Crippen LogP contribution in [0.2, 0.25) is 5.15 Å². The van der Waals surface area contributed by atoms with Gasteiger partial charge in [-0.25, -0.2) is 9.59 Å². The second-order valence-corrected chi connectivity index (χ2v) is 7.44. The molecule has 25 heavy (non-hydrogen) atoms. The number of aromatic carboxylic acids is 1. The summed E-state index contributed by atoms with van der Waals surface area (Å²) < 4.78 is 5.41. The number of anilines is 1. The van der Waals surface area contributed by atoms with E-state index >= 15 is 0 Å². The van der Waals surface area contributed by atoms with Gasteiger partial charge in [-0.05, 0) is 39.5 Å². The van der Waals surface area contributed by atoms with Crippen LogP contribution in [0.25, 0.3) is 0 Å². The number of aromatic nitrogens is 2. The van der Waals surface area contributed by atoms with Crippen molar-refractivity contribution in [2.24, 2.45) is 5.92 Å². The van der Waals surface area contributed by atoms with Crippen molar-refractivity contribution < 1.29 is 19.4 Å². The van der Waals surface area contributed by atoms with Crippen molar-refractivity contribution in [2.75, 3.05) is 25.0 Å². The molecule has 0 radical (unpaired) electrons. The molecule has 138 valence electrons. The van der Waals surface area contributed by atoms with Gasteiger partial charge in [0.2, 0.25) is 0 Å². The molecule has 1 aromatic rings. The van der Waals surface area contributed by atoms with Gasteiger partial charge >= 0.3 is 12.1 Å². The lowest BCUT2D eigenvalue weighted by Crippen LogP contribution is -2.44. The molecule has 1 amide bonds. The monoisotopic (exact) mass is 370 g/mol. The van der Waals surface area contributed by atoms with Crippen LogP contribution in [0, 0.1) is 5.92 Å². The molecule has 0 aliphatic carbocycles. The van der Waals surface area contributed by atoms with Gasteiger partial charge in [-0.3, -0.25) is 0 Å². The first-order chi connectivity index (χ1) is 11.7. The largest absolute Gasteiger partial charge is 0.476 e. The molecular formula is C16H23ClN4O4. The summed E-state index contributed by atoms with van der Waals surface area (Å²) in [5.41, 5.74) is -0.385. The molecular weight excluding hydrogens is 348 g/mol.